The minimum absolute atomic E-state index is 0.275. The van der Waals surface area contributed by atoms with Gasteiger partial charge in [-0.15, -0.1) is 0 Å². The summed E-state index contributed by atoms with van der Waals surface area (Å²) in [6.07, 6.45) is 10.6. The standard InChI is InChI=1S/C30H28N6O/c37-30(33-26-14-22(16-32-19-26)12-21-6-2-1-3-7-21)29-27-15-24(8-9-28(27)34-35-29)25-13-23(17-31-18-25)20-36-10-4-5-11-36/h1-3,6-9,13-19H,4-5,10-12,20H2,(H,33,37)(H,34,35). The summed E-state index contributed by atoms with van der Waals surface area (Å²) in [4.78, 5) is 24.5. The lowest BCUT2D eigenvalue weighted by molar-refractivity contribution is 0.102. The van der Waals surface area contributed by atoms with Gasteiger partial charge in [-0.1, -0.05) is 36.4 Å². The number of pyridine rings is 2. The zero-order valence-electron chi connectivity index (χ0n) is 20.5. The van der Waals surface area contributed by atoms with E-state index in [9.17, 15) is 4.79 Å². The minimum Gasteiger partial charge on any atom is -0.319 e. The van der Waals surface area contributed by atoms with Crippen LogP contribution < -0.4 is 5.32 Å². The number of aromatic amines is 1. The Bertz CT molecular complexity index is 1540. The van der Waals surface area contributed by atoms with E-state index in [0.29, 0.717) is 11.4 Å². The van der Waals surface area contributed by atoms with Gasteiger partial charge in [0.1, 0.15) is 0 Å². The Morgan fingerprint density at radius 3 is 2.51 bits per heavy atom. The topological polar surface area (TPSA) is 86.8 Å². The smallest absolute Gasteiger partial charge is 0.276 e. The third-order valence-electron chi connectivity index (χ3n) is 6.81. The zero-order chi connectivity index (χ0) is 25.0. The van der Waals surface area contributed by atoms with Crippen LogP contribution in [0.1, 0.15) is 40.0 Å². The molecule has 1 amide bonds. The number of amides is 1. The number of rotatable bonds is 7. The first-order valence-electron chi connectivity index (χ1n) is 12.7. The fraction of sp³-hybridized carbons (Fsp3) is 0.200. The molecule has 0 saturated carbocycles. The second-order valence-electron chi connectivity index (χ2n) is 9.60. The molecule has 2 N–H and O–H groups in total. The van der Waals surface area contributed by atoms with E-state index in [1.165, 1.54) is 24.0 Å². The van der Waals surface area contributed by atoms with Gasteiger partial charge in [0.25, 0.3) is 5.91 Å². The molecule has 0 bridgehead atoms. The zero-order valence-corrected chi connectivity index (χ0v) is 20.5. The van der Waals surface area contributed by atoms with Gasteiger partial charge in [-0.2, -0.15) is 5.10 Å². The third kappa shape index (κ3) is 5.27. The van der Waals surface area contributed by atoms with Gasteiger partial charge < -0.3 is 5.32 Å². The highest BCUT2D eigenvalue weighted by Gasteiger charge is 2.17. The molecule has 7 nitrogen and oxygen atoms in total. The first-order valence-corrected chi connectivity index (χ1v) is 12.7. The molecule has 0 unspecified atom stereocenters. The molecular formula is C30H28N6O. The molecule has 5 aromatic rings. The van der Waals surface area contributed by atoms with Crippen molar-refractivity contribution < 1.29 is 4.79 Å². The molecule has 2 aromatic carbocycles. The molecular weight excluding hydrogens is 460 g/mol. The van der Waals surface area contributed by atoms with Crippen LogP contribution in [0.15, 0.2) is 85.5 Å². The first kappa shape index (κ1) is 23.1. The monoisotopic (exact) mass is 488 g/mol. The van der Waals surface area contributed by atoms with Crippen molar-refractivity contribution in [3.63, 3.8) is 0 Å². The van der Waals surface area contributed by atoms with Gasteiger partial charge in [-0.3, -0.25) is 24.8 Å². The summed E-state index contributed by atoms with van der Waals surface area (Å²) in [6.45, 7) is 3.21. The van der Waals surface area contributed by atoms with Gasteiger partial charge >= 0.3 is 0 Å². The van der Waals surface area contributed by atoms with Crippen LogP contribution in [0.2, 0.25) is 0 Å². The van der Waals surface area contributed by atoms with Crippen LogP contribution in [-0.2, 0) is 13.0 Å². The Labute approximate surface area is 215 Å². The molecule has 1 fully saturated rings. The number of nitrogens with one attached hydrogen (secondary N) is 2. The largest absolute Gasteiger partial charge is 0.319 e. The Morgan fingerprint density at radius 1 is 0.838 bits per heavy atom. The second-order valence-corrected chi connectivity index (χ2v) is 9.60. The number of fused-ring (bicyclic) bond motifs is 1. The molecule has 0 radical (unpaired) electrons. The van der Waals surface area contributed by atoms with Gasteiger partial charge in [-0.25, -0.2) is 0 Å². The Kier molecular flexibility index (Phi) is 6.44. The van der Waals surface area contributed by atoms with Crippen molar-refractivity contribution in [1.82, 2.24) is 25.1 Å². The first-order chi connectivity index (χ1) is 18.2. The lowest BCUT2D eigenvalue weighted by atomic mass is 10.0. The van der Waals surface area contributed by atoms with E-state index in [-0.39, 0.29) is 5.91 Å². The van der Waals surface area contributed by atoms with E-state index in [0.717, 1.165) is 53.6 Å². The van der Waals surface area contributed by atoms with Crippen molar-refractivity contribution in [1.29, 1.82) is 0 Å². The molecule has 3 aromatic heterocycles. The van der Waals surface area contributed by atoms with E-state index < -0.39 is 0 Å². The Morgan fingerprint density at radius 2 is 1.65 bits per heavy atom. The molecule has 0 atom stereocenters. The predicted octanol–water partition coefficient (Wildman–Crippen LogP) is 5.46. The summed E-state index contributed by atoms with van der Waals surface area (Å²) < 4.78 is 0. The van der Waals surface area contributed by atoms with Gasteiger partial charge in [0.2, 0.25) is 0 Å². The van der Waals surface area contributed by atoms with E-state index in [1.807, 2.05) is 61.1 Å². The maximum atomic E-state index is 13.2. The third-order valence-corrected chi connectivity index (χ3v) is 6.81. The van der Waals surface area contributed by atoms with Crippen molar-refractivity contribution in [2.45, 2.75) is 25.8 Å². The number of benzene rings is 2. The number of likely N-dealkylation sites (tertiary alicyclic amines) is 1. The normalized spacial score (nSPS) is 13.7. The quantitative estimate of drug-likeness (QED) is 0.318. The molecule has 4 heterocycles. The van der Waals surface area contributed by atoms with E-state index in [2.05, 4.69) is 48.6 Å². The second kappa shape index (κ2) is 10.3. The average Bonchev–Trinajstić information content (AvgIpc) is 3.59. The van der Waals surface area contributed by atoms with Crippen molar-refractivity contribution >= 4 is 22.5 Å². The maximum absolute atomic E-state index is 13.2. The fourth-order valence-corrected chi connectivity index (χ4v) is 4.97. The molecule has 6 rings (SSSR count). The van der Waals surface area contributed by atoms with Crippen molar-refractivity contribution in [2.24, 2.45) is 0 Å². The summed E-state index contributed by atoms with van der Waals surface area (Å²) in [6, 6.07) is 20.3. The molecule has 184 valence electrons. The minimum atomic E-state index is -0.275. The summed E-state index contributed by atoms with van der Waals surface area (Å²) in [5.74, 6) is -0.275. The van der Waals surface area contributed by atoms with E-state index in [1.54, 1.807) is 6.20 Å². The number of nitrogens with zero attached hydrogens (tertiary/aromatic N) is 4. The SMILES string of the molecule is O=C(Nc1cncc(Cc2ccccc2)c1)c1n[nH]c2ccc(-c3cncc(CN4CCCC4)c3)cc12. The maximum Gasteiger partial charge on any atom is 0.276 e. The van der Waals surface area contributed by atoms with Gasteiger partial charge in [0.15, 0.2) is 5.69 Å². The number of hydrogen-bond donors (Lipinski definition) is 2. The molecule has 0 aliphatic carbocycles. The number of hydrogen-bond acceptors (Lipinski definition) is 5. The summed E-state index contributed by atoms with van der Waals surface area (Å²) in [5.41, 5.74) is 7.26. The number of carbonyl (C=O) groups excluding carboxylic acids is 1. The van der Waals surface area contributed by atoms with Crippen LogP contribution >= 0.6 is 0 Å². The van der Waals surface area contributed by atoms with Crippen LogP contribution in [-0.4, -0.2) is 44.1 Å². The van der Waals surface area contributed by atoms with Crippen molar-refractivity contribution in [3.8, 4) is 11.1 Å². The van der Waals surface area contributed by atoms with Gasteiger partial charge in [0, 0.05) is 36.1 Å². The number of H-pyrrole nitrogens is 1. The summed E-state index contributed by atoms with van der Waals surface area (Å²) in [7, 11) is 0. The average molecular weight is 489 g/mol. The van der Waals surface area contributed by atoms with Crippen LogP contribution in [0, 0.1) is 0 Å². The van der Waals surface area contributed by atoms with Crippen molar-refractivity contribution in [3.05, 3.63) is 108 Å². The van der Waals surface area contributed by atoms with Crippen LogP contribution in [0.25, 0.3) is 22.0 Å². The number of anilines is 1. The molecule has 1 aliphatic rings. The van der Waals surface area contributed by atoms with E-state index in [4.69, 9.17) is 0 Å². The van der Waals surface area contributed by atoms with Gasteiger partial charge in [-0.05, 0) is 78.9 Å². The highest BCUT2D eigenvalue weighted by molar-refractivity contribution is 6.11. The number of aromatic nitrogens is 4. The predicted molar refractivity (Wildman–Crippen MR) is 145 cm³/mol. The number of carbonyl (C=O) groups is 1. The van der Waals surface area contributed by atoms with Crippen LogP contribution in [0.4, 0.5) is 5.69 Å². The molecule has 1 saturated heterocycles. The molecule has 7 heteroatoms. The van der Waals surface area contributed by atoms with Crippen LogP contribution in [0.5, 0.6) is 0 Å². The fourth-order valence-electron chi connectivity index (χ4n) is 4.97. The molecule has 37 heavy (non-hydrogen) atoms. The van der Waals surface area contributed by atoms with E-state index >= 15 is 0 Å². The lowest BCUT2D eigenvalue weighted by Gasteiger charge is -2.14. The Balaban J connectivity index is 1.22. The van der Waals surface area contributed by atoms with Crippen molar-refractivity contribution in [2.75, 3.05) is 18.4 Å². The molecule has 1 aliphatic heterocycles. The highest BCUT2D eigenvalue weighted by atomic mass is 16.1. The highest BCUT2D eigenvalue weighted by Crippen LogP contribution is 2.27. The molecule has 0 spiro atoms. The van der Waals surface area contributed by atoms with Gasteiger partial charge in [0.05, 0.1) is 17.4 Å². The lowest BCUT2D eigenvalue weighted by Crippen LogP contribution is -2.18. The summed E-state index contributed by atoms with van der Waals surface area (Å²) in [5, 5.41) is 11.1. The summed E-state index contributed by atoms with van der Waals surface area (Å²) >= 11 is 0. The Hall–Kier alpha value is -4.36. The van der Waals surface area contributed by atoms with Crippen LogP contribution in [0.3, 0.4) is 0 Å².